The van der Waals surface area contributed by atoms with Gasteiger partial charge < -0.3 is 15.0 Å². The molecule has 1 fully saturated rings. The van der Waals surface area contributed by atoms with Crippen molar-refractivity contribution in [1.29, 1.82) is 0 Å². The molecule has 0 aliphatic carbocycles. The number of morpholine rings is 1. The number of anilines is 2. The summed E-state index contributed by atoms with van der Waals surface area (Å²) in [6, 6.07) is 11.1. The summed E-state index contributed by atoms with van der Waals surface area (Å²) in [6.07, 6.45) is 0. The normalized spacial score (nSPS) is 14.1. The molecule has 2 aromatic carbocycles. The smallest absolute Gasteiger partial charge is 0.262 e. The number of hydrogen-bond donors (Lipinski definition) is 2. The van der Waals surface area contributed by atoms with Crippen molar-refractivity contribution >= 4 is 56.6 Å². The minimum absolute atomic E-state index is 0.0260. The third-order valence-corrected chi connectivity index (χ3v) is 7.34. The summed E-state index contributed by atoms with van der Waals surface area (Å²) >= 11 is 7.14. The van der Waals surface area contributed by atoms with Crippen LogP contribution < -0.4 is 10.0 Å². The van der Waals surface area contributed by atoms with Crippen molar-refractivity contribution in [3.63, 3.8) is 0 Å². The summed E-state index contributed by atoms with van der Waals surface area (Å²) in [7, 11) is -3.89. The van der Waals surface area contributed by atoms with Crippen molar-refractivity contribution in [2.45, 2.75) is 11.8 Å². The minimum atomic E-state index is -3.89. The summed E-state index contributed by atoms with van der Waals surface area (Å²) in [4.78, 5) is 26.2. The number of benzene rings is 2. The van der Waals surface area contributed by atoms with Crippen molar-refractivity contribution < 1.29 is 22.7 Å². The van der Waals surface area contributed by atoms with Crippen molar-refractivity contribution in [1.82, 2.24) is 4.90 Å². The van der Waals surface area contributed by atoms with Gasteiger partial charge in [0.15, 0.2) is 0 Å². The number of hydrogen-bond acceptors (Lipinski definition) is 6. The van der Waals surface area contributed by atoms with Gasteiger partial charge in [-0.15, -0.1) is 11.8 Å². The van der Waals surface area contributed by atoms with Crippen LogP contribution in [0.25, 0.3) is 0 Å². The topological polar surface area (TPSA) is 105 Å². The molecule has 0 bridgehead atoms. The van der Waals surface area contributed by atoms with Crippen LogP contribution in [0.2, 0.25) is 5.02 Å². The molecule has 2 amide bonds. The van der Waals surface area contributed by atoms with Gasteiger partial charge in [-0.3, -0.25) is 14.3 Å². The highest BCUT2D eigenvalue weighted by Crippen LogP contribution is 2.24. The number of halogens is 1. The van der Waals surface area contributed by atoms with Crippen LogP contribution in [-0.4, -0.2) is 62.9 Å². The van der Waals surface area contributed by atoms with Gasteiger partial charge in [-0.2, -0.15) is 0 Å². The molecule has 1 heterocycles. The number of sulfonamides is 1. The van der Waals surface area contributed by atoms with E-state index in [4.69, 9.17) is 16.3 Å². The molecule has 0 atom stereocenters. The van der Waals surface area contributed by atoms with Gasteiger partial charge in [0, 0.05) is 23.8 Å². The van der Waals surface area contributed by atoms with Crippen LogP contribution in [0, 0.1) is 6.92 Å². The average molecular weight is 498 g/mol. The summed E-state index contributed by atoms with van der Waals surface area (Å²) in [5.74, 6) is -0.0706. The molecule has 172 valence electrons. The van der Waals surface area contributed by atoms with Gasteiger partial charge in [-0.25, -0.2) is 8.42 Å². The fraction of sp³-hybridized carbons (Fsp3) is 0.333. The Labute approximate surface area is 196 Å². The van der Waals surface area contributed by atoms with Gasteiger partial charge in [0.2, 0.25) is 11.8 Å². The Hall–Kier alpha value is -2.27. The fourth-order valence-electron chi connectivity index (χ4n) is 3.06. The lowest BCUT2D eigenvalue weighted by atomic mass is 10.2. The Bertz CT molecular complexity index is 1090. The highest BCUT2D eigenvalue weighted by molar-refractivity contribution is 8.00. The van der Waals surface area contributed by atoms with Crippen molar-refractivity contribution in [3.05, 3.63) is 53.1 Å². The molecule has 0 spiro atoms. The first-order valence-electron chi connectivity index (χ1n) is 9.87. The lowest BCUT2D eigenvalue weighted by Gasteiger charge is -2.26. The SMILES string of the molecule is Cc1ccc(NC(=O)CSCC(=O)N2CCOCC2)cc1S(=O)(=O)Nc1cccc(Cl)c1. The Morgan fingerprint density at radius 1 is 1.09 bits per heavy atom. The van der Waals surface area contributed by atoms with Crippen LogP contribution in [0.3, 0.4) is 0 Å². The van der Waals surface area contributed by atoms with E-state index in [9.17, 15) is 18.0 Å². The van der Waals surface area contributed by atoms with Gasteiger partial charge >= 0.3 is 0 Å². The number of amides is 2. The second-order valence-corrected chi connectivity index (χ2v) is 10.2. The first kappa shape index (κ1) is 24.4. The Kier molecular flexibility index (Phi) is 8.41. The number of carbonyl (C=O) groups is 2. The maximum Gasteiger partial charge on any atom is 0.262 e. The van der Waals surface area contributed by atoms with E-state index in [0.29, 0.717) is 48.3 Å². The molecule has 0 radical (unpaired) electrons. The average Bonchev–Trinajstić information content (AvgIpc) is 2.75. The van der Waals surface area contributed by atoms with E-state index in [1.807, 2.05) is 0 Å². The van der Waals surface area contributed by atoms with E-state index in [0.717, 1.165) is 0 Å². The van der Waals surface area contributed by atoms with E-state index in [1.165, 1.54) is 23.9 Å². The number of carbonyl (C=O) groups excluding carboxylic acids is 2. The van der Waals surface area contributed by atoms with E-state index >= 15 is 0 Å². The highest BCUT2D eigenvalue weighted by Gasteiger charge is 2.19. The predicted octanol–water partition coefficient (Wildman–Crippen LogP) is 2.98. The van der Waals surface area contributed by atoms with E-state index in [1.54, 1.807) is 42.2 Å². The van der Waals surface area contributed by atoms with Crippen molar-refractivity contribution in [3.8, 4) is 0 Å². The number of nitrogens with one attached hydrogen (secondary N) is 2. The van der Waals surface area contributed by atoms with E-state index in [-0.39, 0.29) is 28.2 Å². The molecule has 32 heavy (non-hydrogen) atoms. The summed E-state index contributed by atoms with van der Waals surface area (Å²) in [6.45, 7) is 3.86. The number of aryl methyl sites for hydroxylation is 1. The molecule has 3 rings (SSSR count). The van der Waals surface area contributed by atoms with Gasteiger partial charge in [0.25, 0.3) is 10.0 Å². The standard InChI is InChI=1S/C21H24ClN3O5S2/c1-15-5-6-17(12-19(15)32(28,29)24-18-4-2-3-16(22)11-18)23-20(26)13-31-14-21(27)25-7-9-30-10-8-25/h2-6,11-12,24H,7-10,13-14H2,1H3,(H,23,26). The first-order chi connectivity index (χ1) is 15.2. The van der Waals surface area contributed by atoms with Gasteiger partial charge in [0.1, 0.15) is 0 Å². The van der Waals surface area contributed by atoms with Crippen LogP contribution in [0.15, 0.2) is 47.4 Å². The lowest BCUT2D eigenvalue weighted by molar-refractivity contribution is -0.132. The van der Waals surface area contributed by atoms with Crippen molar-refractivity contribution in [2.75, 3.05) is 47.8 Å². The largest absolute Gasteiger partial charge is 0.378 e. The third kappa shape index (κ3) is 6.86. The maximum atomic E-state index is 12.8. The minimum Gasteiger partial charge on any atom is -0.378 e. The molecule has 8 nitrogen and oxygen atoms in total. The maximum absolute atomic E-state index is 12.8. The van der Waals surface area contributed by atoms with Crippen LogP contribution in [0.1, 0.15) is 5.56 Å². The summed E-state index contributed by atoms with van der Waals surface area (Å²) in [5.41, 5.74) is 1.22. The number of nitrogens with zero attached hydrogens (tertiary/aromatic N) is 1. The molecule has 2 N–H and O–H groups in total. The zero-order valence-corrected chi connectivity index (χ0v) is 19.9. The Balaban J connectivity index is 1.58. The van der Waals surface area contributed by atoms with E-state index in [2.05, 4.69) is 10.0 Å². The van der Waals surface area contributed by atoms with Crippen LogP contribution in [0.5, 0.6) is 0 Å². The second-order valence-electron chi connectivity index (χ2n) is 7.13. The van der Waals surface area contributed by atoms with Crippen LogP contribution in [0.4, 0.5) is 11.4 Å². The van der Waals surface area contributed by atoms with E-state index < -0.39 is 10.0 Å². The molecule has 2 aromatic rings. The molecule has 1 aliphatic rings. The summed E-state index contributed by atoms with van der Waals surface area (Å²) < 4.78 is 33.4. The number of thioether (sulfide) groups is 1. The summed E-state index contributed by atoms with van der Waals surface area (Å²) in [5, 5.41) is 3.10. The van der Waals surface area contributed by atoms with Gasteiger partial charge in [-0.05, 0) is 42.8 Å². The van der Waals surface area contributed by atoms with Gasteiger partial charge in [0.05, 0.1) is 35.3 Å². The number of rotatable bonds is 8. The fourth-order valence-corrected chi connectivity index (χ4v) is 5.29. The Morgan fingerprint density at radius 3 is 2.56 bits per heavy atom. The second kappa shape index (κ2) is 11.0. The number of ether oxygens (including phenoxy) is 1. The van der Waals surface area contributed by atoms with Gasteiger partial charge in [-0.1, -0.05) is 23.7 Å². The molecule has 1 saturated heterocycles. The lowest BCUT2D eigenvalue weighted by Crippen LogP contribution is -2.41. The zero-order chi connectivity index (χ0) is 23.1. The molecule has 1 aliphatic heterocycles. The van der Waals surface area contributed by atoms with Crippen molar-refractivity contribution in [2.24, 2.45) is 0 Å². The monoisotopic (exact) mass is 497 g/mol. The molecule has 11 heteroatoms. The predicted molar refractivity (Wildman–Crippen MR) is 127 cm³/mol. The quantitative estimate of drug-likeness (QED) is 0.581. The van der Waals surface area contributed by atoms with Crippen LogP contribution in [-0.2, 0) is 24.3 Å². The Morgan fingerprint density at radius 2 is 1.84 bits per heavy atom. The molecular formula is C21H24ClN3O5S2. The first-order valence-corrected chi connectivity index (χ1v) is 12.9. The molecular weight excluding hydrogens is 474 g/mol. The third-order valence-electron chi connectivity index (χ3n) is 4.66. The molecule has 0 aromatic heterocycles. The molecule has 0 unspecified atom stereocenters. The highest BCUT2D eigenvalue weighted by atomic mass is 35.5. The molecule has 0 saturated carbocycles. The van der Waals surface area contributed by atoms with Crippen LogP contribution >= 0.6 is 23.4 Å². The zero-order valence-electron chi connectivity index (χ0n) is 17.5.